The zero-order valence-corrected chi connectivity index (χ0v) is 9.82. The highest BCUT2D eigenvalue weighted by Crippen LogP contribution is 2.03. The normalized spacial score (nSPS) is 13.5. The second-order valence-corrected chi connectivity index (χ2v) is 3.78. The van der Waals surface area contributed by atoms with Crippen LogP contribution in [0.3, 0.4) is 0 Å². The molecular formula is C12H9ClNO3. The standard InChI is InChI=1S/C12H9ClNO3/c1-2-17-12(16)7-3-4-9-8(5-7)6-14-11(15)10(9)13/h3-6H,2H2,1H3. The number of halogens is 1. The van der Waals surface area contributed by atoms with Gasteiger partial charge in [-0.05, 0) is 19.1 Å². The van der Waals surface area contributed by atoms with E-state index in [1.54, 1.807) is 25.1 Å². The van der Waals surface area contributed by atoms with E-state index in [2.05, 4.69) is 5.32 Å². The SMILES string of the molecule is CCOC(=O)c1ccc2c(c1)=C[N]C(=O)C=2Cl. The zero-order chi connectivity index (χ0) is 12.4. The molecule has 17 heavy (non-hydrogen) atoms. The van der Waals surface area contributed by atoms with Gasteiger partial charge in [-0.1, -0.05) is 17.7 Å². The second kappa shape index (κ2) is 4.59. The fraction of sp³-hybridized carbons (Fsp3) is 0.167. The van der Waals surface area contributed by atoms with Gasteiger partial charge in [0, 0.05) is 16.6 Å². The van der Waals surface area contributed by atoms with Crippen molar-refractivity contribution < 1.29 is 14.3 Å². The van der Waals surface area contributed by atoms with Gasteiger partial charge in [-0.3, -0.25) is 4.79 Å². The molecule has 0 saturated heterocycles. The Hall–Kier alpha value is -1.81. The molecule has 1 heterocycles. The van der Waals surface area contributed by atoms with Crippen molar-refractivity contribution in [2.75, 3.05) is 6.61 Å². The van der Waals surface area contributed by atoms with Gasteiger partial charge in [0.05, 0.1) is 12.2 Å². The zero-order valence-electron chi connectivity index (χ0n) is 9.07. The van der Waals surface area contributed by atoms with Crippen LogP contribution in [0.2, 0.25) is 0 Å². The number of hydrogen-bond acceptors (Lipinski definition) is 3. The lowest BCUT2D eigenvalue weighted by Crippen LogP contribution is -2.36. The summed E-state index contributed by atoms with van der Waals surface area (Å²) >= 11 is 5.83. The van der Waals surface area contributed by atoms with Crippen LogP contribution < -0.4 is 15.8 Å². The molecule has 4 nitrogen and oxygen atoms in total. The van der Waals surface area contributed by atoms with Crippen LogP contribution in [0.5, 0.6) is 0 Å². The maximum atomic E-state index is 11.5. The van der Waals surface area contributed by atoms with Crippen LogP contribution in [-0.2, 0) is 9.53 Å². The highest BCUT2D eigenvalue weighted by molar-refractivity contribution is 6.60. The summed E-state index contributed by atoms with van der Waals surface area (Å²) in [7, 11) is 0. The largest absolute Gasteiger partial charge is 0.462 e. The Bertz CT molecular complexity index is 607. The van der Waals surface area contributed by atoms with Gasteiger partial charge in [-0.2, -0.15) is 0 Å². The maximum absolute atomic E-state index is 11.5. The summed E-state index contributed by atoms with van der Waals surface area (Å²) in [5, 5.41) is 4.90. The Labute approximate surface area is 103 Å². The molecule has 0 bridgehead atoms. The molecule has 1 radical (unpaired) electrons. The number of nitrogens with zero attached hydrogens (tertiary/aromatic N) is 1. The highest BCUT2D eigenvalue weighted by Gasteiger charge is 2.14. The number of esters is 1. The fourth-order valence-corrected chi connectivity index (χ4v) is 1.73. The summed E-state index contributed by atoms with van der Waals surface area (Å²) in [4.78, 5) is 22.7. The Morgan fingerprint density at radius 3 is 2.94 bits per heavy atom. The topological polar surface area (TPSA) is 57.5 Å². The molecule has 0 unspecified atom stereocenters. The van der Waals surface area contributed by atoms with Crippen LogP contribution in [0, 0.1) is 0 Å². The first-order valence-electron chi connectivity index (χ1n) is 5.06. The quantitative estimate of drug-likeness (QED) is 0.699. The number of amides is 1. The predicted octanol–water partition coefficient (Wildman–Crippen LogP) is 0.0929. The molecule has 0 spiro atoms. The molecule has 5 heteroatoms. The van der Waals surface area contributed by atoms with Crippen LogP contribution in [0.1, 0.15) is 17.3 Å². The fourth-order valence-electron chi connectivity index (χ4n) is 1.51. The first kappa shape index (κ1) is 11.7. The van der Waals surface area contributed by atoms with E-state index in [1.165, 1.54) is 6.20 Å². The highest BCUT2D eigenvalue weighted by atomic mass is 35.5. The minimum Gasteiger partial charge on any atom is -0.462 e. The Morgan fingerprint density at radius 2 is 2.24 bits per heavy atom. The van der Waals surface area contributed by atoms with Gasteiger partial charge in [-0.15, -0.1) is 0 Å². The molecule has 0 aromatic heterocycles. The van der Waals surface area contributed by atoms with E-state index < -0.39 is 11.9 Å². The average Bonchev–Trinajstić information content (AvgIpc) is 2.34. The van der Waals surface area contributed by atoms with Gasteiger partial charge in [0.25, 0.3) is 5.91 Å². The minimum absolute atomic E-state index is 0.0675. The van der Waals surface area contributed by atoms with Crippen molar-refractivity contribution in [3.8, 4) is 0 Å². The van der Waals surface area contributed by atoms with Gasteiger partial charge in [-0.25, -0.2) is 10.1 Å². The molecular weight excluding hydrogens is 242 g/mol. The molecule has 87 valence electrons. The predicted molar refractivity (Wildman–Crippen MR) is 62.5 cm³/mol. The Morgan fingerprint density at radius 1 is 1.47 bits per heavy atom. The molecule has 1 aliphatic heterocycles. The number of ether oxygens (including phenoxy) is 1. The molecule has 0 fully saturated rings. The van der Waals surface area contributed by atoms with E-state index in [9.17, 15) is 9.59 Å². The lowest BCUT2D eigenvalue weighted by molar-refractivity contribution is -0.114. The molecule has 1 amide bonds. The molecule has 0 saturated carbocycles. The van der Waals surface area contributed by atoms with Crippen LogP contribution in [0.15, 0.2) is 18.2 Å². The number of benzene rings is 1. The molecule has 1 aromatic carbocycles. The molecule has 1 aromatic rings. The third-order valence-corrected chi connectivity index (χ3v) is 2.67. The minimum atomic E-state index is -0.469. The Balaban J connectivity index is 2.54. The van der Waals surface area contributed by atoms with Crippen molar-refractivity contribution in [1.82, 2.24) is 5.32 Å². The van der Waals surface area contributed by atoms with Crippen molar-refractivity contribution in [3.63, 3.8) is 0 Å². The molecule has 0 N–H and O–H groups in total. The van der Waals surface area contributed by atoms with Crippen LogP contribution in [-0.4, -0.2) is 18.5 Å². The number of carbonyl (C=O) groups is 2. The van der Waals surface area contributed by atoms with Gasteiger partial charge < -0.3 is 4.74 Å². The summed E-state index contributed by atoms with van der Waals surface area (Å²) in [5.41, 5.74) is 0.413. The summed E-state index contributed by atoms with van der Waals surface area (Å²) in [6, 6.07) is 4.80. The lowest BCUT2D eigenvalue weighted by atomic mass is 10.1. The van der Waals surface area contributed by atoms with E-state index in [0.29, 0.717) is 22.6 Å². The van der Waals surface area contributed by atoms with Crippen molar-refractivity contribution in [3.05, 3.63) is 34.2 Å². The van der Waals surface area contributed by atoms with Gasteiger partial charge in [0.2, 0.25) is 0 Å². The molecule has 0 aliphatic carbocycles. The first-order valence-corrected chi connectivity index (χ1v) is 5.43. The van der Waals surface area contributed by atoms with Crippen molar-refractivity contribution in [2.45, 2.75) is 6.92 Å². The second-order valence-electron chi connectivity index (χ2n) is 3.40. The van der Waals surface area contributed by atoms with Crippen molar-refractivity contribution >= 4 is 34.7 Å². The monoisotopic (exact) mass is 250 g/mol. The van der Waals surface area contributed by atoms with E-state index in [1.807, 2.05) is 0 Å². The summed E-state index contributed by atoms with van der Waals surface area (Å²) in [5.74, 6) is -0.875. The third kappa shape index (κ3) is 2.17. The van der Waals surface area contributed by atoms with Gasteiger partial charge >= 0.3 is 5.97 Å². The van der Waals surface area contributed by atoms with E-state index in [-0.39, 0.29) is 5.03 Å². The average molecular weight is 251 g/mol. The number of carbonyl (C=O) groups excluding carboxylic acids is 2. The van der Waals surface area contributed by atoms with E-state index in [4.69, 9.17) is 16.3 Å². The van der Waals surface area contributed by atoms with Crippen LogP contribution in [0.4, 0.5) is 0 Å². The summed E-state index contributed by atoms with van der Waals surface area (Å²) < 4.78 is 4.88. The van der Waals surface area contributed by atoms with Crippen molar-refractivity contribution in [2.24, 2.45) is 0 Å². The van der Waals surface area contributed by atoms with Crippen LogP contribution in [0.25, 0.3) is 11.2 Å². The lowest BCUT2D eigenvalue weighted by Gasteiger charge is -2.05. The Kier molecular flexibility index (Phi) is 3.15. The van der Waals surface area contributed by atoms with Crippen molar-refractivity contribution in [1.29, 1.82) is 0 Å². The number of rotatable bonds is 2. The van der Waals surface area contributed by atoms with E-state index >= 15 is 0 Å². The van der Waals surface area contributed by atoms with E-state index in [0.717, 1.165) is 0 Å². The molecule has 2 rings (SSSR count). The van der Waals surface area contributed by atoms with Crippen LogP contribution >= 0.6 is 11.6 Å². The summed E-state index contributed by atoms with van der Waals surface area (Å²) in [6.45, 7) is 2.05. The van der Waals surface area contributed by atoms with Gasteiger partial charge in [0.1, 0.15) is 5.03 Å². The van der Waals surface area contributed by atoms with Gasteiger partial charge in [0.15, 0.2) is 0 Å². The smallest absolute Gasteiger partial charge is 0.338 e. The number of fused-ring (bicyclic) bond motifs is 1. The third-order valence-electron chi connectivity index (χ3n) is 2.31. The molecule has 0 atom stereocenters. The molecule has 1 aliphatic rings. The summed E-state index contributed by atoms with van der Waals surface area (Å²) in [6.07, 6.45) is 1.40. The number of hydrogen-bond donors (Lipinski definition) is 0. The first-order chi connectivity index (χ1) is 8.13. The maximum Gasteiger partial charge on any atom is 0.338 e.